The number of nitrogens with one attached hydrogen (secondary N) is 1. The van der Waals surface area contributed by atoms with Crippen LogP contribution >= 0.6 is 0 Å². The number of para-hydroxylation sites is 1. The zero-order chi connectivity index (χ0) is 18.8. The van der Waals surface area contributed by atoms with E-state index in [4.69, 9.17) is 9.47 Å². The number of sulfonamides is 1. The summed E-state index contributed by atoms with van der Waals surface area (Å²) in [5.74, 6) is 6.89. The van der Waals surface area contributed by atoms with Gasteiger partial charge in [-0.15, -0.1) is 6.58 Å². The van der Waals surface area contributed by atoms with E-state index in [-0.39, 0.29) is 18.0 Å². The zero-order valence-corrected chi connectivity index (χ0v) is 15.4. The monoisotopic (exact) mass is 371 g/mol. The second-order valence-electron chi connectivity index (χ2n) is 5.24. The number of ether oxygens (including phenoxy) is 2. The van der Waals surface area contributed by atoms with Crippen molar-refractivity contribution in [1.29, 1.82) is 0 Å². The van der Waals surface area contributed by atoms with Gasteiger partial charge < -0.3 is 9.47 Å². The van der Waals surface area contributed by atoms with E-state index in [1.807, 2.05) is 30.3 Å². The van der Waals surface area contributed by atoms with Gasteiger partial charge in [-0.25, -0.2) is 8.42 Å². The Hall–Kier alpha value is -2.75. The standard InChI is InChI=1S/C20H21NO4S/c1-3-8-17-9-4-5-10-20(17)25-16-7-6-15-21-26(22,23)19-13-11-18(24-2)12-14-19/h3-5,9-14,21H,1,8,15-16H2,2H3. The van der Waals surface area contributed by atoms with Crippen LogP contribution in [0.5, 0.6) is 11.5 Å². The molecule has 0 atom stereocenters. The lowest BCUT2D eigenvalue weighted by atomic mass is 10.1. The summed E-state index contributed by atoms with van der Waals surface area (Å²) in [5, 5.41) is 0. The molecule has 0 bridgehead atoms. The molecular weight excluding hydrogens is 350 g/mol. The summed E-state index contributed by atoms with van der Waals surface area (Å²) >= 11 is 0. The van der Waals surface area contributed by atoms with Crippen molar-refractivity contribution >= 4 is 10.0 Å². The summed E-state index contributed by atoms with van der Waals surface area (Å²) in [5.41, 5.74) is 1.03. The third-order valence-electron chi connectivity index (χ3n) is 3.48. The molecule has 6 heteroatoms. The molecule has 2 rings (SSSR count). The van der Waals surface area contributed by atoms with Gasteiger partial charge in [0, 0.05) is 0 Å². The average molecular weight is 371 g/mol. The van der Waals surface area contributed by atoms with Crippen LogP contribution in [0.25, 0.3) is 0 Å². The molecule has 0 heterocycles. The van der Waals surface area contributed by atoms with Crippen LogP contribution in [0.15, 0.2) is 66.1 Å². The normalized spacial score (nSPS) is 10.5. The Balaban J connectivity index is 1.85. The van der Waals surface area contributed by atoms with Crippen molar-refractivity contribution in [1.82, 2.24) is 4.72 Å². The maximum Gasteiger partial charge on any atom is 0.241 e. The van der Waals surface area contributed by atoms with E-state index in [0.29, 0.717) is 12.2 Å². The number of methoxy groups -OCH3 is 1. The fourth-order valence-electron chi connectivity index (χ4n) is 2.17. The molecule has 136 valence electrons. The molecule has 0 aromatic heterocycles. The van der Waals surface area contributed by atoms with Crippen LogP contribution < -0.4 is 14.2 Å². The number of allylic oxidation sites excluding steroid dienone is 1. The quantitative estimate of drug-likeness (QED) is 0.572. The molecule has 0 radical (unpaired) electrons. The maximum atomic E-state index is 12.1. The van der Waals surface area contributed by atoms with E-state index in [1.165, 1.54) is 19.2 Å². The lowest BCUT2D eigenvalue weighted by Gasteiger charge is -2.07. The van der Waals surface area contributed by atoms with E-state index in [0.717, 1.165) is 11.3 Å². The van der Waals surface area contributed by atoms with Crippen LogP contribution in [0.3, 0.4) is 0 Å². The fraction of sp³-hybridized carbons (Fsp3) is 0.200. The topological polar surface area (TPSA) is 64.6 Å². The molecule has 5 nitrogen and oxygen atoms in total. The Kier molecular flexibility index (Phi) is 7.27. The van der Waals surface area contributed by atoms with Crippen molar-refractivity contribution in [3.63, 3.8) is 0 Å². The summed E-state index contributed by atoms with van der Waals surface area (Å²) in [6, 6.07) is 13.8. The summed E-state index contributed by atoms with van der Waals surface area (Å²) in [4.78, 5) is 0.162. The molecule has 2 aromatic carbocycles. The van der Waals surface area contributed by atoms with E-state index in [2.05, 4.69) is 23.1 Å². The Morgan fingerprint density at radius 2 is 1.85 bits per heavy atom. The van der Waals surface area contributed by atoms with Crippen molar-refractivity contribution < 1.29 is 17.9 Å². The van der Waals surface area contributed by atoms with Gasteiger partial charge in [0.1, 0.15) is 18.1 Å². The summed E-state index contributed by atoms with van der Waals surface area (Å²) < 4.78 is 37.3. The van der Waals surface area contributed by atoms with Crippen LogP contribution in [0.2, 0.25) is 0 Å². The number of benzene rings is 2. The lowest BCUT2D eigenvalue weighted by Crippen LogP contribution is -2.24. The second-order valence-corrected chi connectivity index (χ2v) is 7.01. The molecule has 0 saturated heterocycles. The minimum absolute atomic E-state index is 0.00598. The molecule has 0 unspecified atom stereocenters. The average Bonchev–Trinajstić information content (AvgIpc) is 2.66. The molecule has 0 saturated carbocycles. The first-order valence-electron chi connectivity index (χ1n) is 7.98. The van der Waals surface area contributed by atoms with Crippen LogP contribution in [0.1, 0.15) is 5.56 Å². The lowest BCUT2D eigenvalue weighted by molar-refractivity contribution is 0.366. The van der Waals surface area contributed by atoms with Crippen LogP contribution in [0.4, 0.5) is 0 Å². The van der Waals surface area contributed by atoms with E-state index in [9.17, 15) is 8.42 Å². The van der Waals surface area contributed by atoms with E-state index < -0.39 is 10.0 Å². The Labute approximate surface area is 154 Å². The van der Waals surface area contributed by atoms with Gasteiger partial charge in [0.05, 0.1) is 18.6 Å². The van der Waals surface area contributed by atoms with Gasteiger partial charge in [0.25, 0.3) is 0 Å². The molecule has 2 aromatic rings. The molecule has 0 aliphatic rings. The van der Waals surface area contributed by atoms with E-state index >= 15 is 0 Å². The highest BCUT2D eigenvalue weighted by Crippen LogP contribution is 2.18. The highest BCUT2D eigenvalue weighted by atomic mass is 32.2. The number of hydrogen-bond donors (Lipinski definition) is 1. The van der Waals surface area contributed by atoms with Crippen LogP contribution in [-0.4, -0.2) is 28.7 Å². The minimum Gasteiger partial charge on any atom is -0.497 e. The van der Waals surface area contributed by atoms with Crippen LogP contribution in [-0.2, 0) is 16.4 Å². The maximum absolute atomic E-state index is 12.1. The Morgan fingerprint density at radius 3 is 2.54 bits per heavy atom. The summed E-state index contributed by atoms with van der Waals surface area (Å²) in [6.45, 7) is 3.90. The predicted molar refractivity (Wildman–Crippen MR) is 102 cm³/mol. The predicted octanol–water partition coefficient (Wildman–Crippen LogP) is 2.78. The molecular formula is C20H21NO4S. The van der Waals surface area contributed by atoms with Crippen molar-refractivity contribution in [2.75, 3.05) is 20.3 Å². The molecule has 1 N–H and O–H groups in total. The van der Waals surface area contributed by atoms with Crippen LogP contribution in [0, 0.1) is 11.8 Å². The van der Waals surface area contributed by atoms with Gasteiger partial charge in [0.15, 0.2) is 0 Å². The van der Waals surface area contributed by atoms with Gasteiger partial charge in [-0.1, -0.05) is 36.1 Å². The molecule has 26 heavy (non-hydrogen) atoms. The number of rotatable bonds is 8. The molecule has 0 spiro atoms. The van der Waals surface area contributed by atoms with Crippen molar-refractivity contribution in [3.8, 4) is 23.3 Å². The first-order valence-corrected chi connectivity index (χ1v) is 9.46. The summed E-state index contributed by atoms with van der Waals surface area (Å²) in [6.07, 6.45) is 2.52. The third-order valence-corrected chi connectivity index (χ3v) is 4.90. The van der Waals surface area contributed by atoms with Gasteiger partial charge in [-0.3, -0.25) is 0 Å². The highest BCUT2D eigenvalue weighted by molar-refractivity contribution is 7.89. The van der Waals surface area contributed by atoms with Gasteiger partial charge in [0.2, 0.25) is 10.0 Å². The summed E-state index contributed by atoms with van der Waals surface area (Å²) in [7, 11) is -2.08. The smallest absolute Gasteiger partial charge is 0.241 e. The molecule has 0 aliphatic heterocycles. The Morgan fingerprint density at radius 1 is 1.12 bits per heavy atom. The highest BCUT2D eigenvalue weighted by Gasteiger charge is 2.12. The van der Waals surface area contributed by atoms with Gasteiger partial charge in [-0.05, 0) is 42.3 Å². The Bertz CT molecular complexity index is 893. The minimum atomic E-state index is -3.60. The number of hydrogen-bond acceptors (Lipinski definition) is 4. The van der Waals surface area contributed by atoms with E-state index in [1.54, 1.807) is 12.1 Å². The molecule has 0 aliphatic carbocycles. The van der Waals surface area contributed by atoms with Crippen molar-refractivity contribution in [3.05, 3.63) is 66.7 Å². The fourth-order valence-corrected chi connectivity index (χ4v) is 3.09. The first-order chi connectivity index (χ1) is 12.6. The molecule has 0 amide bonds. The zero-order valence-electron chi connectivity index (χ0n) is 14.6. The van der Waals surface area contributed by atoms with Crippen molar-refractivity contribution in [2.45, 2.75) is 11.3 Å². The SMILES string of the molecule is C=CCc1ccccc1OCC#CCNS(=O)(=O)c1ccc(OC)cc1. The molecule has 0 fully saturated rings. The van der Waals surface area contributed by atoms with Gasteiger partial charge >= 0.3 is 0 Å². The third kappa shape index (κ3) is 5.66. The first kappa shape index (κ1) is 19.6. The van der Waals surface area contributed by atoms with Gasteiger partial charge in [-0.2, -0.15) is 4.72 Å². The second kappa shape index (κ2) is 9.66. The largest absolute Gasteiger partial charge is 0.497 e. The van der Waals surface area contributed by atoms with Crippen molar-refractivity contribution in [2.24, 2.45) is 0 Å².